The van der Waals surface area contributed by atoms with Gasteiger partial charge in [0.05, 0.1) is 25.0 Å². The molecule has 0 saturated carbocycles. The van der Waals surface area contributed by atoms with E-state index in [1.807, 2.05) is 4.57 Å². The SMILES string of the molecule is CCCCc1ncc(CO)n1Cc1c(F)cccc1Cl. The number of hydrogen-bond acceptors (Lipinski definition) is 2. The van der Waals surface area contributed by atoms with E-state index < -0.39 is 0 Å². The van der Waals surface area contributed by atoms with Crippen molar-refractivity contribution in [2.75, 3.05) is 0 Å². The zero-order valence-electron chi connectivity index (χ0n) is 11.4. The first-order valence-electron chi connectivity index (χ1n) is 6.74. The first-order valence-corrected chi connectivity index (χ1v) is 7.12. The molecule has 5 heteroatoms. The number of unbranched alkanes of at least 4 members (excludes halogenated alkanes) is 1. The van der Waals surface area contributed by atoms with Gasteiger partial charge in [-0.15, -0.1) is 0 Å². The smallest absolute Gasteiger partial charge is 0.129 e. The van der Waals surface area contributed by atoms with Crippen molar-refractivity contribution in [3.63, 3.8) is 0 Å². The molecule has 1 aromatic heterocycles. The maximum Gasteiger partial charge on any atom is 0.129 e. The molecule has 108 valence electrons. The van der Waals surface area contributed by atoms with Gasteiger partial charge in [0, 0.05) is 17.0 Å². The van der Waals surface area contributed by atoms with Crippen molar-refractivity contribution in [2.24, 2.45) is 0 Å². The van der Waals surface area contributed by atoms with Crippen LogP contribution < -0.4 is 0 Å². The van der Waals surface area contributed by atoms with Crippen molar-refractivity contribution < 1.29 is 9.50 Å². The second-order valence-electron chi connectivity index (χ2n) is 4.71. The number of aliphatic hydroxyl groups is 1. The molecule has 20 heavy (non-hydrogen) atoms. The largest absolute Gasteiger partial charge is 0.390 e. The third kappa shape index (κ3) is 3.19. The fourth-order valence-electron chi connectivity index (χ4n) is 2.15. The van der Waals surface area contributed by atoms with Crippen LogP contribution in [-0.2, 0) is 19.6 Å². The highest BCUT2D eigenvalue weighted by atomic mass is 35.5. The summed E-state index contributed by atoms with van der Waals surface area (Å²) in [5, 5.41) is 9.78. The maximum atomic E-state index is 13.9. The van der Waals surface area contributed by atoms with Gasteiger partial charge in [0.25, 0.3) is 0 Å². The number of imidazole rings is 1. The van der Waals surface area contributed by atoms with Crippen LogP contribution in [0.1, 0.15) is 36.8 Å². The molecule has 0 radical (unpaired) electrons. The molecule has 1 N–H and O–H groups in total. The summed E-state index contributed by atoms with van der Waals surface area (Å²) in [6.07, 6.45) is 4.51. The van der Waals surface area contributed by atoms with Gasteiger partial charge >= 0.3 is 0 Å². The second kappa shape index (κ2) is 6.86. The minimum Gasteiger partial charge on any atom is -0.390 e. The standard InChI is InChI=1S/C15H18ClFN2O/c1-2-3-7-15-18-8-11(10-20)19(15)9-12-13(16)5-4-6-14(12)17/h4-6,8,20H,2-3,7,9-10H2,1H3. The molecule has 0 aliphatic heterocycles. The summed E-state index contributed by atoms with van der Waals surface area (Å²) in [7, 11) is 0. The number of nitrogens with zero attached hydrogens (tertiary/aromatic N) is 2. The molecule has 0 bridgehead atoms. The lowest BCUT2D eigenvalue weighted by atomic mass is 10.2. The lowest BCUT2D eigenvalue weighted by molar-refractivity contribution is 0.271. The van der Waals surface area contributed by atoms with Gasteiger partial charge in [-0.3, -0.25) is 0 Å². The van der Waals surface area contributed by atoms with Crippen molar-refractivity contribution in [1.82, 2.24) is 9.55 Å². The van der Waals surface area contributed by atoms with Gasteiger partial charge in [-0.2, -0.15) is 0 Å². The summed E-state index contributed by atoms with van der Waals surface area (Å²) < 4.78 is 15.7. The monoisotopic (exact) mass is 296 g/mol. The third-order valence-corrected chi connectivity index (χ3v) is 3.67. The molecule has 0 aliphatic rings. The maximum absolute atomic E-state index is 13.9. The van der Waals surface area contributed by atoms with E-state index in [1.165, 1.54) is 6.07 Å². The molecule has 1 heterocycles. The molecule has 0 amide bonds. The third-order valence-electron chi connectivity index (χ3n) is 3.31. The van der Waals surface area contributed by atoms with E-state index >= 15 is 0 Å². The molecule has 3 nitrogen and oxygen atoms in total. The van der Waals surface area contributed by atoms with E-state index in [4.69, 9.17) is 11.6 Å². The van der Waals surface area contributed by atoms with Crippen molar-refractivity contribution in [3.8, 4) is 0 Å². The van der Waals surface area contributed by atoms with Gasteiger partial charge in [0.15, 0.2) is 0 Å². The fourth-order valence-corrected chi connectivity index (χ4v) is 2.37. The number of aryl methyl sites for hydroxylation is 1. The number of benzene rings is 1. The van der Waals surface area contributed by atoms with Crippen molar-refractivity contribution in [2.45, 2.75) is 39.3 Å². The van der Waals surface area contributed by atoms with Crippen LogP contribution in [0.15, 0.2) is 24.4 Å². The number of rotatable bonds is 6. The van der Waals surface area contributed by atoms with Crippen LogP contribution in [0.25, 0.3) is 0 Å². The van der Waals surface area contributed by atoms with Crippen LogP contribution in [0.2, 0.25) is 5.02 Å². The highest BCUT2D eigenvalue weighted by Gasteiger charge is 2.13. The van der Waals surface area contributed by atoms with E-state index in [9.17, 15) is 9.50 Å². The second-order valence-corrected chi connectivity index (χ2v) is 5.12. The number of hydrogen-bond donors (Lipinski definition) is 1. The van der Waals surface area contributed by atoms with Gasteiger partial charge in [-0.05, 0) is 18.6 Å². The molecular weight excluding hydrogens is 279 g/mol. The van der Waals surface area contributed by atoms with E-state index in [-0.39, 0.29) is 12.4 Å². The Morgan fingerprint density at radius 1 is 1.40 bits per heavy atom. The Balaban J connectivity index is 2.34. The summed E-state index contributed by atoms with van der Waals surface area (Å²) in [5.41, 5.74) is 1.11. The van der Waals surface area contributed by atoms with Gasteiger partial charge in [0.1, 0.15) is 11.6 Å². The summed E-state index contributed by atoms with van der Waals surface area (Å²) in [4.78, 5) is 4.32. The quantitative estimate of drug-likeness (QED) is 0.885. The summed E-state index contributed by atoms with van der Waals surface area (Å²) in [5.74, 6) is 0.520. The van der Waals surface area contributed by atoms with Gasteiger partial charge in [0.2, 0.25) is 0 Å². The molecule has 0 saturated heterocycles. The molecule has 0 aliphatic carbocycles. The molecule has 2 aromatic rings. The van der Waals surface area contributed by atoms with E-state index in [1.54, 1.807) is 18.3 Å². The molecule has 2 rings (SSSR count). The van der Waals surface area contributed by atoms with E-state index in [2.05, 4.69) is 11.9 Å². The van der Waals surface area contributed by atoms with Crippen LogP contribution >= 0.6 is 11.6 Å². The van der Waals surface area contributed by atoms with Gasteiger partial charge < -0.3 is 9.67 Å². The Morgan fingerprint density at radius 2 is 2.20 bits per heavy atom. The van der Waals surface area contributed by atoms with Crippen LogP contribution in [0.4, 0.5) is 4.39 Å². The minimum absolute atomic E-state index is 0.120. The zero-order chi connectivity index (χ0) is 14.5. The Labute approximate surface area is 123 Å². The fraction of sp³-hybridized carbons (Fsp3) is 0.400. The average Bonchev–Trinajstić information content (AvgIpc) is 2.82. The van der Waals surface area contributed by atoms with Crippen LogP contribution in [0.3, 0.4) is 0 Å². The van der Waals surface area contributed by atoms with Crippen LogP contribution in [0.5, 0.6) is 0 Å². The first-order chi connectivity index (χ1) is 9.67. The van der Waals surface area contributed by atoms with Gasteiger partial charge in [-0.25, -0.2) is 9.37 Å². The normalized spacial score (nSPS) is 11.0. The summed E-state index contributed by atoms with van der Waals surface area (Å²) in [6.45, 7) is 2.28. The molecule has 0 spiro atoms. The van der Waals surface area contributed by atoms with E-state index in [0.717, 1.165) is 25.1 Å². The lowest BCUT2D eigenvalue weighted by Crippen LogP contribution is -2.10. The topological polar surface area (TPSA) is 38.1 Å². The Bertz CT molecular complexity index is 563. The zero-order valence-corrected chi connectivity index (χ0v) is 12.2. The first kappa shape index (κ1) is 15.0. The minimum atomic E-state index is -0.337. The highest BCUT2D eigenvalue weighted by molar-refractivity contribution is 6.31. The molecule has 0 atom stereocenters. The molecule has 0 unspecified atom stereocenters. The van der Waals surface area contributed by atoms with Crippen LogP contribution in [-0.4, -0.2) is 14.7 Å². The predicted octanol–water partition coefficient (Wildman–Crippen LogP) is 3.56. The highest BCUT2D eigenvalue weighted by Crippen LogP contribution is 2.22. The Kier molecular flexibility index (Phi) is 5.15. The molecule has 1 aromatic carbocycles. The van der Waals surface area contributed by atoms with Crippen molar-refractivity contribution in [1.29, 1.82) is 0 Å². The number of halogens is 2. The number of aliphatic hydroxyl groups excluding tert-OH is 1. The summed E-state index contributed by atoms with van der Waals surface area (Å²) >= 11 is 6.06. The van der Waals surface area contributed by atoms with Gasteiger partial charge in [-0.1, -0.05) is 31.0 Å². The van der Waals surface area contributed by atoms with Crippen molar-refractivity contribution >= 4 is 11.6 Å². The Hall–Kier alpha value is -1.39. The van der Waals surface area contributed by atoms with E-state index in [0.29, 0.717) is 22.8 Å². The van der Waals surface area contributed by atoms with Crippen LogP contribution in [0, 0.1) is 5.82 Å². The summed E-state index contributed by atoms with van der Waals surface area (Å²) in [6, 6.07) is 4.64. The lowest BCUT2D eigenvalue weighted by Gasteiger charge is -2.13. The molecule has 0 fully saturated rings. The van der Waals surface area contributed by atoms with Crippen molar-refractivity contribution in [3.05, 3.63) is 52.3 Å². The molecular formula is C15H18ClFN2O. The average molecular weight is 297 g/mol. The Morgan fingerprint density at radius 3 is 2.85 bits per heavy atom. The predicted molar refractivity (Wildman–Crippen MR) is 77.3 cm³/mol. The number of aromatic nitrogens is 2.